The van der Waals surface area contributed by atoms with Crippen LogP contribution < -0.4 is 0 Å². The first-order valence-electron chi connectivity index (χ1n) is 5.15. The summed E-state index contributed by atoms with van der Waals surface area (Å²) in [7, 11) is -6.72. The van der Waals surface area contributed by atoms with E-state index >= 15 is 0 Å². The molecule has 7 heteroatoms. The normalized spacial score (nSPS) is 15.8. The molecular weight excluding hydrogens is 250 g/mol. The Kier molecular flexibility index (Phi) is 6.76. The molecule has 1 atom stereocenters. The summed E-state index contributed by atoms with van der Waals surface area (Å²) in [6.07, 6.45) is 0. The van der Waals surface area contributed by atoms with E-state index in [0.29, 0.717) is 0 Å². The van der Waals surface area contributed by atoms with Crippen LogP contribution in [0.3, 0.4) is 0 Å². The molecule has 0 fully saturated rings. The van der Waals surface area contributed by atoms with Crippen molar-refractivity contribution in [3.63, 3.8) is 0 Å². The first-order valence-corrected chi connectivity index (χ1v) is 8.76. The Labute approximate surface area is 97.1 Å². The van der Waals surface area contributed by atoms with E-state index in [1.54, 1.807) is 20.8 Å². The summed E-state index contributed by atoms with van der Waals surface area (Å²) in [4.78, 5) is 0. The molecule has 0 aliphatic rings. The zero-order valence-corrected chi connectivity index (χ0v) is 12.1. The third-order valence-electron chi connectivity index (χ3n) is 1.76. The van der Waals surface area contributed by atoms with E-state index in [2.05, 4.69) is 6.58 Å². The summed E-state index contributed by atoms with van der Waals surface area (Å²) in [5.41, 5.74) is 0. The fourth-order valence-corrected chi connectivity index (χ4v) is 5.06. The minimum absolute atomic E-state index is 0.0782. The highest BCUT2D eigenvalue weighted by atomic mass is 31.2. The first-order chi connectivity index (χ1) is 7.34. The second-order valence-electron chi connectivity index (χ2n) is 3.01. The van der Waals surface area contributed by atoms with Crippen molar-refractivity contribution in [2.75, 3.05) is 26.5 Å². The Balaban J connectivity index is 5.02. The van der Waals surface area contributed by atoms with Crippen molar-refractivity contribution in [2.45, 2.75) is 20.8 Å². The lowest BCUT2D eigenvalue weighted by molar-refractivity contribution is 0.227. The van der Waals surface area contributed by atoms with Crippen LogP contribution in [0.5, 0.6) is 0 Å². The highest BCUT2D eigenvalue weighted by Gasteiger charge is 2.38. The second-order valence-corrected chi connectivity index (χ2v) is 7.91. The van der Waals surface area contributed by atoms with Gasteiger partial charge in [-0.3, -0.25) is 9.13 Å². The first kappa shape index (κ1) is 16.1. The average Bonchev–Trinajstić information content (AvgIpc) is 2.17. The van der Waals surface area contributed by atoms with Gasteiger partial charge in [0, 0.05) is 6.66 Å². The summed E-state index contributed by atoms with van der Waals surface area (Å²) >= 11 is 0. The van der Waals surface area contributed by atoms with E-state index in [-0.39, 0.29) is 24.9 Å². The summed E-state index contributed by atoms with van der Waals surface area (Å²) in [6, 6.07) is 0. The fourth-order valence-electron chi connectivity index (χ4n) is 1.07. The smallest absolute Gasteiger partial charge is 0.326 e. The predicted molar refractivity (Wildman–Crippen MR) is 65.2 cm³/mol. The van der Waals surface area contributed by atoms with Gasteiger partial charge in [-0.2, -0.15) is 0 Å². The maximum atomic E-state index is 12.2. The topological polar surface area (TPSA) is 61.8 Å². The molecular formula is C9H20O5P2. The van der Waals surface area contributed by atoms with E-state index in [1.807, 2.05) is 0 Å². The van der Waals surface area contributed by atoms with Crippen molar-refractivity contribution >= 4 is 15.0 Å². The molecule has 5 nitrogen and oxygen atoms in total. The van der Waals surface area contributed by atoms with Crippen molar-refractivity contribution < 1.29 is 22.7 Å². The maximum Gasteiger partial charge on any atom is 0.366 e. The molecule has 0 heterocycles. The Morgan fingerprint density at radius 3 is 1.69 bits per heavy atom. The van der Waals surface area contributed by atoms with Crippen LogP contribution in [0.15, 0.2) is 11.6 Å². The van der Waals surface area contributed by atoms with Crippen LogP contribution in [-0.4, -0.2) is 26.5 Å². The zero-order valence-electron chi connectivity index (χ0n) is 10.3. The molecule has 0 amide bonds. The quantitative estimate of drug-likeness (QED) is 0.630. The van der Waals surface area contributed by atoms with Gasteiger partial charge in [0.2, 0.25) is 7.37 Å². The zero-order chi connectivity index (χ0) is 12.8. The lowest BCUT2D eigenvalue weighted by Crippen LogP contribution is -2.00. The van der Waals surface area contributed by atoms with E-state index < -0.39 is 15.0 Å². The Hall–Kier alpha value is 0.0800. The number of hydrogen-bond acceptors (Lipinski definition) is 5. The number of hydrogen-bond donors (Lipinski definition) is 0. The van der Waals surface area contributed by atoms with Gasteiger partial charge in [0.25, 0.3) is 0 Å². The highest BCUT2D eigenvalue weighted by molar-refractivity contribution is 7.80. The van der Waals surface area contributed by atoms with Gasteiger partial charge >= 0.3 is 7.60 Å². The molecule has 0 bridgehead atoms. The van der Waals surface area contributed by atoms with Crippen molar-refractivity contribution in [1.82, 2.24) is 0 Å². The van der Waals surface area contributed by atoms with Crippen molar-refractivity contribution in [1.29, 1.82) is 0 Å². The lowest BCUT2D eigenvalue weighted by Gasteiger charge is -2.23. The molecule has 0 aliphatic heterocycles. The minimum Gasteiger partial charge on any atom is -0.326 e. The molecule has 0 aliphatic carbocycles. The Morgan fingerprint density at radius 2 is 1.38 bits per heavy atom. The van der Waals surface area contributed by atoms with Gasteiger partial charge in [-0.15, -0.1) is 0 Å². The van der Waals surface area contributed by atoms with Gasteiger partial charge in [-0.25, -0.2) is 0 Å². The minimum atomic E-state index is -3.54. The average molecular weight is 270 g/mol. The molecule has 0 spiro atoms. The molecule has 0 aromatic carbocycles. The Bertz CT molecular complexity index is 316. The highest BCUT2D eigenvalue weighted by Crippen LogP contribution is 2.70. The monoisotopic (exact) mass is 270 g/mol. The molecule has 0 aromatic rings. The maximum absolute atomic E-state index is 12.2. The molecule has 0 rings (SSSR count). The van der Waals surface area contributed by atoms with E-state index in [4.69, 9.17) is 13.6 Å². The Morgan fingerprint density at radius 1 is 1.00 bits per heavy atom. The number of rotatable bonds is 8. The van der Waals surface area contributed by atoms with Crippen LogP contribution in [0, 0.1) is 0 Å². The van der Waals surface area contributed by atoms with E-state index in [9.17, 15) is 9.13 Å². The third kappa shape index (κ3) is 4.15. The van der Waals surface area contributed by atoms with Gasteiger partial charge in [-0.1, -0.05) is 6.58 Å². The van der Waals surface area contributed by atoms with Crippen LogP contribution in [0.4, 0.5) is 0 Å². The van der Waals surface area contributed by atoms with Crippen LogP contribution in [0.1, 0.15) is 20.8 Å². The molecule has 1 unspecified atom stereocenters. The van der Waals surface area contributed by atoms with Crippen molar-refractivity contribution in [2.24, 2.45) is 0 Å². The summed E-state index contributed by atoms with van der Waals surface area (Å²) in [6.45, 7) is 10.6. The van der Waals surface area contributed by atoms with Crippen LogP contribution >= 0.6 is 15.0 Å². The van der Waals surface area contributed by atoms with E-state index in [0.717, 1.165) is 0 Å². The third-order valence-corrected chi connectivity index (χ3v) is 7.10. The summed E-state index contributed by atoms with van der Waals surface area (Å²) < 4.78 is 39.4. The van der Waals surface area contributed by atoms with Gasteiger partial charge in [0.1, 0.15) is 5.06 Å². The molecule has 16 heavy (non-hydrogen) atoms. The van der Waals surface area contributed by atoms with Gasteiger partial charge in [-0.05, 0) is 20.8 Å². The summed E-state index contributed by atoms with van der Waals surface area (Å²) in [5, 5.41) is -0.0782. The lowest BCUT2D eigenvalue weighted by atomic mass is 10.9. The van der Waals surface area contributed by atoms with Gasteiger partial charge in [0.05, 0.1) is 19.8 Å². The van der Waals surface area contributed by atoms with Crippen LogP contribution in [0.2, 0.25) is 0 Å². The largest absolute Gasteiger partial charge is 0.366 e. The fraction of sp³-hybridized carbons (Fsp3) is 0.778. The standard InChI is InChI=1S/C9H20O5P2/c1-6-12-15(5,10)9(4)16(11,13-7-2)14-8-3/h4,6-8H2,1-3,5H3. The molecule has 0 aromatic heterocycles. The molecule has 0 saturated carbocycles. The molecule has 0 saturated heterocycles. The van der Waals surface area contributed by atoms with Crippen molar-refractivity contribution in [3.05, 3.63) is 11.6 Å². The van der Waals surface area contributed by atoms with E-state index in [1.165, 1.54) is 6.66 Å². The molecule has 0 N–H and O–H groups in total. The molecule has 0 radical (unpaired) electrons. The predicted octanol–water partition coefficient (Wildman–Crippen LogP) is 3.67. The summed E-state index contributed by atoms with van der Waals surface area (Å²) in [5.74, 6) is 0. The van der Waals surface area contributed by atoms with Crippen LogP contribution in [-0.2, 0) is 22.7 Å². The SMILES string of the molecule is C=C(P(C)(=O)OCC)P(=O)(OCC)OCC. The van der Waals surface area contributed by atoms with Gasteiger partial charge < -0.3 is 13.6 Å². The van der Waals surface area contributed by atoms with Gasteiger partial charge in [0.15, 0.2) is 0 Å². The second kappa shape index (κ2) is 6.73. The van der Waals surface area contributed by atoms with Crippen LogP contribution in [0.25, 0.3) is 0 Å². The van der Waals surface area contributed by atoms with Crippen molar-refractivity contribution in [3.8, 4) is 0 Å². The molecule has 96 valence electrons.